The fraction of sp³-hybridized carbons (Fsp3) is 0.375. The summed E-state index contributed by atoms with van der Waals surface area (Å²) in [6.07, 6.45) is 2.80. The van der Waals surface area contributed by atoms with Gasteiger partial charge in [-0.15, -0.1) is 0 Å². The van der Waals surface area contributed by atoms with Gasteiger partial charge in [0, 0.05) is 35.8 Å². The largest absolute Gasteiger partial charge is 0.481 e. The Labute approximate surface area is 190 Å². The number of piperidine rings is 1. The molecule has 32 heavy (non-hydrogen) atoms. The molecule has 1 fully saturated rings. The van der Waals surface area contributed by atoms with Crippen LogP contribution in [-0.4, -0.2) is 44.5 Å². The Morgan fingerprint density at radius 2 is 1.84 bits per heavy atom. The van der Waals surface area contributed by atoms with Gasteiger partial charge in [0.1, 0.15) is 17.2 Å². The molecule has 1 amide bonds. The molecule has 168 valence electrons. The van der Waals surface area contributed by atoms with Crippen LogP contribution in [0.3, 0.4) is 0 Å². The van der Waals surface area contributed by atoms with E-state index >= 15 is 0 Å². The summed E-state index contributed by atoms with van der Waals surface area (Å²) in [5.74, 6) is -1.93. The quantitative estimate of drug-likeness (QED) is 0.587. The summed E-state index contributed by atoms with van der Waals surface area (Å²) >= 11 is 5.85. The predicted molar refractivity (Wildman–Crippen MR) is 121 cm³/mol. The highest BCUT2D eigenvalue weighted by molar-refractivity contribution is 6.30. The molecule has 0 bridgehead atoms. The van der Waals surface area contributed by atoms with Crippen LogP contribution in [0.5, 0.6) is 0 Å². The van der Waals surface area contributed by atoms with Gasteiger partial charge in [-0.05, 0) is 63.4 Å². The predicted octanol–water partition coefficient (Wildman–Crippen LogP) is 5.19. The topological polar surface area (TPSA) is 75.4 Å². The molecule has 4 rings (SSSR count). The van der Waals surface area contributed by atoms with Crippen LogP contribution in [-0.2, 0) is 10.3 Å². The number of pyridine rings is 1. The third-order valence-electron chi connectivity index (χ3n) is 5.96. The summed E-state index contributed by atoms with van der Waals surface area (Å²) in [6.45, 7) is 6.89. The number of hydrogen-bond acceptors (Lipinski definition) is 3. The van der Waals surface area contributed by atoms with Gasteiger partial charge in [0.05, 0.1) is 10.9 Å². The summed E-state index contributed by atoms with van der Waals surface area (Å²) in [5.41, 5.74) is 2.10. The summed E-state index contributed by atoms with van der Waals surface area (Å²) in [7, 11) is 0. The number of likely N-dealkylation sites (tertiary alicyclic amines) is 1. The molecule has 3 aromatic rings. The average Bonchev–Trinajstić information content (AvgIpc) is 3.14. The van der Waals surface area contributed by atoms with E-state index in [4.69, 9.17) is 16.6 Å². The van der Waals surface area contributed by atoms with Crippen molar-refractivity contribution in [3.05, 3.63) is 53.1 Å². The number of rotatable bonds is 3. The molecular weight excluding hydrogens is 433 g/mol. The first-order chi connectivity index (χ1) is 15.1. The molecule has 0 aliphatic carbocycles. The first-order valence-corrected chi connectivity index (χ1v) is 10.9. The molecule has 0 radical (unpaired) electrons. The van der Waals surface area contributed by atoms with Crippen molar-refractivity contribution in [2.24, 2.45) is 5.92 Å². The van der Waals surface area contributed by atoms with Gasteiger partial charge in [0.2, 0.25) is 0 Å². The Bertz CT molecular complexity index is 1210. The minimum atomic E-state index is -0.814. The number of fused-ring (bicyclic) bond motifs is 1. The van der Waals surface area contributed by atoms with Crippen molar-refractivity contribution in [1.82, 2.24) is 14.5 Å². The maximum Gasteiger partial charge on any atom is 0.306 e. The first kappa shape index (κ1) is 22.3. The van der Waals surface area contributed by atoms with E-state index in [1.165, 1.54) is 12.1 Å². The number of carbonyl (C=O) groups excluding carboxylic acids is 1. The van der Waals surface area contributed by atoms with Gasteiger partial charge in [-0.25, -0.2) is 9.37 Å². The molecule has 0 atom stereocenters. The number of carbonyl (C=O) groups is 2. The lowest BCUT2D eigenvalue weighted by molar-refractivity contribution is -0.143. The number of nitrogens with zero attached hydrogens (tertiary/aromatic N) is 3. The smallest absolute Gasteiger partial charge is 0.306 e. The summed E-state index contributed by atoms with van der Waals surface area (Å²) < 4.78 is 16.1. The van der Waals surface area contributed by atoms with Gasteiger partial charge in [-0.1, -0.05) is 17.7 Å². The van der Waals surface area contributed by atoms with E-state index in [-0.39, 0.29) is 16.5 Å². The third kappa shape index (κ3) is 4.09. The van der Waals surface area contributed by atoms with Crippen LogP contribution >= 0.6 is 11.6 Å². The van der Waals surface area contributed by atoms with Gasteiger partial charge in [0.25, 0.3) is 5.91 Å². The molecule has 0 unspecified atom stereocenters. The zero-order valence-electron chi connectivity index (χ0n) is 18.2. The number of aromatic nitrogens is 2. The van der Waals surface area contributed by atoms with Crippen LogP contribution in [0.1, 0.15) is 44.1 Å². The Balaban J connectivity index is 1.74. The van der Waals surface area contributed by atoms with E-state index in [1.807, 2.05) is 37.6 Å². The van der Waals surface area contributed by atoms with Crippen LogP contribution in [0.25, 0.3) is 22.2 Å². The van der Waals surface area contributed by atoms with E-state index in [1.54, 1.807) is 17.0 Å². The van der Waals surface area contributed by atoms with Crippen molar-refractivity contribution < 1.29 is 19.1 Å². The van der Waals surface area contributed by atoms with Crippen molar-refractivity contribution in [2.45, 2.75) is 39.2 Å². The van der Waals surface area contributed by atoms with Gasteiger partial charge in [-0.3, -0.25) is 9.59 Å². The Hall–Kier alpha value is -2.93. The Morgan fingerprint density at radius 1 is 1.16 bits per heavy atom. The third-order valence-corrected chi connectivity index (χ3v) is 6.26. The van der Waals surface area contributed by atoms with Crippen LogP contribution in [0.2, 0.25) is 5.02 Å². The Morgan fingerprint density at radius 3 is 2.44 bits per heavy atom. The molecule has 3 heterocycles. The number of halogens is 2. The van der Waals surface area contributed by atoms with Gasteiger partial charge in [-0.2, -0.15) is 0 Å². The molecule has 1 N–H and O–H groups in total. The number of hydrogen-bond donors (Lipinski definition) is 1. The minimum absolute atomic E-state index is 0.0611. The highest BCUT2D eigenvalue weighted by Crippen LogP contribution is 2.35. The normalized spacial score (nSPS) is 15.3. The van der Waals surface area contributed by atoms with E-state index in [0.717, 1.165) is 10.9 Å². The molecule has 1 aliphatic rings. The molecule has 6 nitrogen and oxygen atoms in total. The van der Waals surface area contributed by atoms with Gasteiger partial charge < -0.3 is 14.6 Å². The van der Waals surface area contributed by atoms with E-state index in [9.17, 15) is 19.1 Å². The van der Waals surface area contributed by atoms with Crippen molar-refractivity contribution >= 4 is 34.5 Å². The number of carboxylic acids is 1. The standard InChI is InChI=1S/C24H25ClFN3O3/c1-24(2,3)29-13-17(15-4-6-18(25)19(26)12-15)16-5-7-20(27-21(16)29)22(30)28-10-8-14(9-11-28)23(31)32/h4-7,12-14H,8-11H2,1-3H3,(H,31,32). The highest BCUT2D eigenvalue weighted by atomic mass is 35.5. The van der Waals surface area contributed by atoms with E-state index < -0.39 is 17.7 Å². The monoisotopic (exact) mass is 457 g/mol. The molecule has 1 saturated heterocycles. The van der Waals surface area contributed by atoms with Crippen LogP contribution in [0, 0.1) is 11.7 Å². The first-order valence-electron chi connectivity index (χ1n) is 10.6. The van der Waals surface area contributed by atoms with Gasteiger partial charge >= 0.3 is 5.97 Å². The van der Waals surface area contributed by atoms with Crippen LogP contribution in [0.15, 0.2) is 36.5 Å². The summed E-state index contributed by atoms with van der Waals surface area (Å²) in [6, 6.07) is 8.20. The van der Waals surface area contributed by atoms with E-state index in [2.05, 4.69) is 0 Å². The average molecular weight is 458 g/mol. The second-order valence-corrected chi connectivity index (χ2v) is 9.59. The van der Waals surface area contributed by atoms with Crippen LogP contribution < -0.4 is 0 Å². The zero-order valence-corrected chi connectivity index (χ0v) is 19.0. The maximum absolute atomic E-state index is 14.1. The van der Waals surface area contributed by atoms with Crippen LogP contribution in [0.4, 0.5) is 4.39 Å². The van der Waals surface area contributed by atoms with Gasteiger partial charge in [0.15, 0.2) is 0 Å². The fourth-order valence-corrected chi connectivity index (χ4v) is 4.24. The lowest BCUT2D eigenvalue weighted by Gasteiger charge is -2.30. The molecule has 0 spiro atoms. The molecule has 1 aliphatic heterocycles. The second-order valence-electron chi connectivity index (χ2n) is 9.18. The van der Waals surface area contributed by atoms with Crippen molar-refractivity contribution in [2.75, 3.05) is 13.1 Å². The highest BCUT2D eigenvalue weighted by Gasteiger charge is 2.29. The number of aliphatic carboxylic acids is 1. The van der Waals surface area contributed by atoms with Crippen molar-refractivity contribution in [3.8, 4) is 11.1 Å². The lowest BCUT2D eigenvalue weighted by atomic mass is 9.97. The summed E-state index contributed by atoms with van der Waals surface area (Å²) in [4.78, 5) is 30.6. The van der Waals surface area contributed by atoms with Crippen molar-refractivity contribution in [1.29, 1.82) is 0 Å². The Kier molecular flexibility index (Phi) is 5.71. The number of benzene rings is 1. The molecule has 8 heteroatoms. The minimum Gasteiger partial charge on any atom is -0.481 e. The van der Waals surface area contributed by atoms with Crippen molar-refractivity contribution in [3.63, 3.8) is 0 Å². The lowest BCUT2D eigenvalue weighted by Crippen LogP contribution is -2.40. The molecule has 2 aromatic heterocycles. The number of carboxylic acid groups (broad SMARTS) is 1. The molecule has 1 aromatic carbocycles. The second kappa shape index (κ2) is 8.20. The summed E-state index contributed by atoms with van der Waals surface area (Å²) in [5, 5.41) is 10.1. The van der Waals surface area contributed by atoms with E-state index in [0.29, 0.717) is 42.8 Å². The number of amides is 1. The zero-order chi connectivity index (χ0) is 23.2. The molecule has 0 saturated carbocycles. The SMILES string of the molecule is CC(C)(C)n1cc(-c2ccc(Cl)c(F)c2)c2ccc(C(=O)N3CCC(C(=O)O)CC3)nc21. The maximum atomic E-state index is 14.1. The fourth-order valence-electron chi connectivity index (χ4n) is 4.12. The molecular formula is C24H25ClFN3O3.